The molecule has 18 heavy (non-hydrogen) atoms. The largest absolute Gasteiger partial charge is 0.294 e. The van der Waals surface area contributed by atoms with Crippen LogP contribution >= 0.6 is 11.6 Å². The van der Waals surface area contributed by atoms with E-state index < -0.39 is 17.4 Å². The molecule has 0 aliphatic heterocycles. The summed E-state index contributed by atoms with van der Waals surface area (Å²) in [5, 5.41) is -0.0209. The molecular formula is C14H17ClF2O. The van der Waals surface area contributed by atoms with Crippen molar-refractivity contribution in [2.75, 3.05) is 0 Å². The average molecular weight is 275 g/mol. The van der Waals surface area contributed by atoms with Crippen LogP contribution in [0.3, 0.4) is 0 Å². The van der Waals surface area contributed by atoms with Gasteiger partial charge < -0.3 is 0 Å². The highest BCUT2D eigenvalue weighted by molar-refractivity contribution is 6.34. The van der Waals surface area contributed by atoms with Gasteiger partial charge in [0.05, 0.1) is 10.6 Å². The van der Waals surface area contributed by atoms with Gasteiger partial charge in [0.1, 0.15) is 0 Å². The summed E-state index contributed by atoms with van der Waals surface area (Å²) in [4.78, 5) is 11.8. The van der Waals surface area contributed by atoms with E-state index >= 15 is 0 Å². The van der Waals surface area contributed by atoms with Crippen molar-refractivity contribution in [2.24, 2.45) is 0 Å². The molecule has 1 aromatic rings. The summed E-state index contributed by atoms with van der Waals surface area (Å²) in [6, 6.07) is 2.14. The fourth-order valence-electron chi connectivity index (χ4n) is 1.80. The molecule has 0 atom stereocenters. The van der Waals surface area contributed by atoms with Gasteiger partial charge >= 0.3 is 0 Å². The molecular weight excluding hydrogens is 258 g/mol. The molecule has 4 heteroatoms. The normalized spacial score (nSPS) is 10.7. The Morgan fingerprint density at radius 1 is 1.17 bits per heavy atom. The van der Waals surface area contributed by atoms with E-state index in [0.29, 0.717) is 6.42 Å². The van der Waals surface area contributed by atoms with Crippen LogP contribution < -0.4 is 0 Å². The summed E-state index contributed by atoms with van der Waals surface area (Å²) in [5.41, 5.74) is -0.313. The minimum Gasteiger partial charge on any atom is -0.294 e. The average Bonchev–Trinajstić information content (AvgIpc) is 2.34. The van der Waals surface area contributed by atoms with E-state index in [2.05, 4.69) is 6.92 Å². The van der Waals surface area contributed by atoms with Crippen molar-refractivity contribution in [3.63, 3.8) is 0 Å². The Hall–Kier alpha value is -0.960. The van der Waals surface area contributed by atoms with E-state index in [1.807, 2.05) is 0 Å². The Balaban J connectivity index is 2.59. The molecule has 0 heterocycles. The van der Waals surface area contributed by atoms with Crippen molar-refractivity contribution in [1.29, 1.82) is 0 Å². The maximum Gasteiger partial charge on any atom is 0.171 e. The lowest BCUT2D eigenvalue weighted by Crippen LogP contribution is -2.05. The Bertz CT molecular complexity index is 419. The number of rotatable bonds is 7. The molecule has 1 nitrogen and oxygen atoms in total. The summed E-state index contributed by atoms with van der Waals surface area (Å²) in [6.07, 6.45) is 5.13. The predicted octanol–water partition coefficient (Wildman–Crippen LogP) is 5.16. The van der Waals surface area contributed by atoms with E-state index in [1.54, 1.807) is 0 Å². The fourth-order valence-corrected chi connectivity index (χ4v) is 2.05. The summed E-state index contributed by atoms with van der Waals surface area (Å²) in [5.74, 6) is -2.59. The summed E-state index contributed by atoms with van der Waals surface area (Å²) in [6.45, 7) is 2.10. The van der Waals surface area contributed by atoms with Crippen molar-refractivity contribution in [2.45, 2.75) is 45.4 Å². The Labute approximate surface area is 111 Å². The van der Waals surface area contributed by atoms with E-state index in [4.69, 9.17) is 11.6 Å². The molecule has 0 saturated carbocycles. The number of hydrogen-bond donors (Lipinski definition) is 0. The van der Waals surface area contributed by atoms with Gasteiger partial charge in [0.25, 0.3) is 0 Å². The first-order chi connectivity index (χ1) is 8.57. The van der Waals surface area contributed by atoms with E-state index in [-0.39, 0.29) is 17.0 Å². The molecule has 100 valence electrons. The van der Waals surface area contributed by atoms with Crippen LogP contribution in [0.1, 0.15) is 55.8 Å². The van der Waals surface area contributed by atoms with Crippen molar-refractivity contribution in [3.05, 3.63) is 34.4 Å². The van der Waals surface area contributed by atoms with E-state index in [9.17, 15) is 13.6 Å². The number of Topliss-reactive ketones (excluding diaryl/α,β-unsaturated/α-hetero) is 1. The van der Waals surface area contributed by atoms with Gasteiger partial charge in [-0.3, -0.25) is 4.79 Å². The molecule has 0 spiro atoms. The third-order valence-electron chi connectivity index (χ3n) is 2.83. The number of carbonyl (C=O) groups excluding carboxylic acids is 1. The highest BCUT2D eigenvalue weighted by Crippen LogP contribution is 2.23. The van der Waals surface area contributed by atoms with Gasteiger partial charge in [-0.05, 0) is 18.6 Å². The van der Waals surface area contributed by atoms with Gasteiger partial charge in [0, 0.05) is 6.42 Å². The second kappa shape index (κ2) is 7.47. The third-order valence-corrected chi connectivity index (χ3v) is 3.15. The van der Waals surface area contributed by atoms with Crippen LogP contribution in [-0.4, -0.2) is 5.78 Å². The number of carbonyl (C=O) groups is 1. The van der Waals surface area contributed by atoms with Crippen LogP contribution in [0.2, 0.25) is 5.02 Å². The topological polar surface area (TPSA) is 17.1 Å². The third kappa shape index (κ3) is 4.05. The Kier molecular flexibility index (Phi) is 6.27. The highest BCUT2D eigenvalue weighted by atomic mass is 35.5. The Morgan fingerprint density at radius 2 is 1.83 bits per heavy atom. The number of hydrogen-bond acceptors (Lipinski definition) is 1. The molecule has 0 N–H and O–H groups in total. The van der Waals surface area contributed by atoms with Gasteiger partial charge in [0.15, 0.2) is 17.4 Å². The molecule has 1 rings (SSSR count). The lowest BCUT2D eigenvalue weighted by atomic mass is 10.0. The van der Waals surface area contributed by atoms with Crippen molar-refractivity contribution < 1.29 is 13.6 Å². The van der Waals surface area contributed by atoms with Crippen molar-refractivity contribution >= 4 is 17.4 Å². The molecule has 0 radical (unpaired) electrons. The van der Waals surface area contributed by atoms with Gasteiger partial charge in [-0.1, -0.05) is 44.2 Å². The van der Waals surface area contributed by atoms with Gasteiger partial charge in [0.2, 0.25) is 0 Å². The van der Waals surface area contributed by atoms with Gasteiger partial charge in [-0.2, -0.15) is 0 Å². The monoisotopic (exact) mass is 274 g/mol. The van der Waals surface area contributed by atoms with Crippen LogP contribution in [0.25, 0.3) is 0 Å². The SMILES string of the molecule is CCCCCCCC(=O)c1c(Cl)ccc(F)c1F. The van der Waals surface area contributed by atoms with E-state index in [0.717, 1.165) is 31.7 Å². The maximum atomic E-state index is 13.5. The van der Waals surface area contributed by atoms with Crippen LogP contribution in [0.4, 0.5) is 8.78 Å². The van der Waals surface area contributed by atoms with Gasteiger partial charge in [-0.25, -0.2) is 8.78 Å². The fraction of sp³-hybridized carbons (Fsp3) is 0.500. The first-order valence-electron chi connectivity index (χ1n) is 6.24. The number of ketones is 1. The molecule has 0 unspecified atom stereocenters. The van der Waals surface area contributed by atoms with Crippen LogP contribution in [0.5, 0.6) is 0 Å². The molecule has 1 aromatic carbocycles. The standard InChI is InChI=1S/C14H17ClF2O/c1-2-3-4-5-6-7-12(18)13-10(15)8-9-11(16)14(13)17/h8-9H,2-7H2,1H3. The van der Waals surface area contributed by atoms with Gasteiger partial charge in [-0.15, -0.1) is 0 Å². The Morgan fingerprint density at radius 3 is 2.50 bits per heavy atom. The number of benzene rings is 1. The molecule has 0 aliphatic rings. The second-order valence-electron chi connectivity index (χ2n) is 4.31. The van der Waals surface area contributed by atoms with E-state index in [1.165, 1.54) is 6.07 Å². The second-order valence-corrected chi connectivity index (χ2v) is 4.71. The molecule has 0 bridgehead atoms. The molecule has 0 aromatic heterocycles. The van der Waals surface area contributed by atoms with Crippen LogP contribution in [0.15, 0.2) is 12.1 Å². The zero-order valence-electron chi connectivity index (χ0n) is 10.4. The minimum absolute atomic E-state index is 0.0209. The smallest absolute Gasteiger partial charge is 0.171 e. The highest BCUT2D eigenvalue weighted by Gasteiger charge is 2.18. The number of unbranched alkanes of at least 4 members (excludes halogenated alkanes) is 4. The predicted molar refractivity (Wildman–Crippen MR) is 69.1 cm³/mol. The van der Waals surface area contributed by atoms with Crippen LogP contribution in [0, 0.1) is 11.6 Å². The molecule has 0 saturated heterocycles. The quantitative estimate of drug-likeness (QED) is 0.381. The molecule has 0 amide bonds. The summed E-state index contributed by atoms with van der Waals surface area (Å²) in [7, 11) is 0. The molecule has 0 aliphatic carbocycles. The maximum absolute atomic E-state index is 13.5. The molecule has 0 fully saturated rings. The summed E-state index contributed by atoms with van der Waals surface area (Å²) >= 11 is 5.73. The van der Waals surface area contributed by atoms with Crippen molar-refractivity contribution in [1.82, 2.24) is 0 Å². The minimum atomic E-state index is -1.14. The zero-order valence-corrected chi connectivity index (χ0v) is 11.2. The number of halogens is 3. The van der Waals surface area contributed by atoms with Crippen molar-refractivity contribution in [3.8, 4) is 0 Å². The summed E-state index contributed by atoms with van der Waals surface area (Å²) < 4.78 is 26.5. The lowest BCUT2D eigenvalue weighted by molar-refractivity contribution is 0.0974. The lowest BCUT2D eigenvalue weighted by Gasteiger charge is -2.05. The first-order valence-corrected chi connectivity index (χ1v) is 6.62. The first kappa shape index (κ1) is 15.1. The zero-order chi connectivity index (χ0) is 13.5. The van der Waals surface area contributed by atoms with Crippen LogP contribution in [-0.2, 0) is 0 Å².